The van der Waals surface area contributed by atoms with Gasteiger partial charge in [0.1, 0.15) is 5.75 Å². The largest absolute Gasteiger partial charge is 0.482 e. The van der Waals surface area contributed by atoms with E-state index >= 15 is 0 Å². The fourth-order valence-corrected chi connectivity index (χ4v) is 2.26. The summed E-state index contributed by atoms with van der Waals surface area (Å²) in [6.07, 6.45) is 0.348. The zero-order valence-electron chi connectivity index (χ0n) is 10.6. The van der Waals surface area contributed by atoms with Gasteiger partial charge >= 0.3 is 0 Å². The molecule has 0 bridgehead atoms. The van der Waals surface area contributed by atoms with Crippen molar-refractivity contribution in [3.8, 4) is 5.75 Å². The highest BCUT2D eigenvalue weighted by molar-refractivity contribution is 5.85. The Labute approximate surface area is 108 Å². The van der Waals surface area contributed by atoms with Gasteiger partial charge in [0.15, 0.2) is 11.5 Å². The van der Waals surface area contributed by atoms with E-state index in [-0.39, 0.29) is 11.8 Å². The zero-order valence-corrected chi connectivity index (χ0v) is 10.6. The van der Waals surface area contributed by atoms with Crippen LogP contribution in [0.4, 0.5) is 8.78 Å². The number of para-hydroxylation sites is 1. The van der Waals surface area contributed by atoms with Gasteiger partial charge in [0.05, 0.1) is 11.9 Å². The number of alkyl halides is 2. The molecular weight excluding hydrogens is 252 g/mol. The maximum absolute atomic E-state index is 12.9. The molecule has 1 aliphatic carbocycles. The van der Waals surface area contributed by atoms with Gasteiger partial charge in [-0.15, -0.1) is 0 Å². The number of hydrogen-bond acceptors (Lipinski definition) is 2. The number of benzene rings is 1. The molecule has 3 rings (SSSR count). The molecule has 0 aliphatic heterocycles. The van der Waals surface area contributed by atoms with E-state index in [0.29, 0.717) is 22.2 Å². The maximum atomic E-state index is 12.9. The summed E-state index contributed by atoms with van der Waals surface area (Å²) >= 11 is 0. The Kier molecular flexibility index (Phi) is 2.42. The van der Waals surface area contributed by atoms with Crippen molar-refractivity contribution in [1.29, 1.82) is 0 Å². The molecule has 2 aromatic rings. The predicted molar refractivity (Wildman–Crippen MR) is 67.9 cm³/mol. The van der Waals surface area contributed by atoms with Crippen LogP contribution in [0.25, 0.3) is 10.9 Å². The normalized spacial score (nSPS) is 20.5. The van der Waals surface area contributed by atoms with E-state index in [1.54, 1.807) is 42.9 Å². The summed E-state index contributed by atoms with van der Waals surface area (Å²) < 4.78 is 32.9. The average Bonchev–Trinajstić information content (AvgIpc) is 2.93. The molecule has 0 N–H and O–H groups in total. The van der Waals surface area contributed by atoms with E-state index in [1.807, 2.05) is 0 Å². The van der Waals surface area contributed by atoms with E-state index in [9.17, 15) is 13.6 Å². The molecule has 19 heavy (non-hydrogen) atoms. The number of ether oxygens (including phenoxy) is 1. The van der Waals surface area contributed by atoms with Crippen molar-refractivity contribution in [2.45, 2.75) is 25.4 Å². The zero-order chi connectivity index (χ0) is 13.8. The van der Waals surface area contributed by atoms with Crippen molar-refractivity contribution in [1.82, 2.24) is 4.57 Å². The van der Waals surface area contributed by atoms with Gasteiger partial charge < -0.3 is 9.30 Å². The molecule has 0 saturated heterocycles. The summed E-state index contributed by atoms with van der Waals surface area (Å²) in [7, 11) is 1.77. The predicted octanol–water partition coefficient (Wildman–Crippen LogP) is 2.63. The quantitative estimate of drug-likeness (QED) is 0.835. The average molecular weight is 265 g/mol. The summed E-state index contributed by atoms with van der Waals surface area (Å²) in [5.74, 6) is -2.41. The Hall–Kier alpha value is -1.91. The third-order valence-corrected chi connectivity index (χ3v) is 3.38. The van der Waals surface area contributed by atoms with Crippen molar-refractivity contribution < 1.29 is 13.5 Å². The maximum Gasteiger partial charge on any atom is 0.288 e. The lowest BCUT2D eigenvalue weighted by Crippen LogP contribution is -2.13. The van der Waals surface area contributed by atoms with Gasteiger partial charge in [-0.2, -0.15) is 0 Å². The monoisotopic (exact) mass is 265 g/mol. The number of fused-ring (bicyclic) bond motifs is 1. The Balaban J connectivity index is 2.16. The summed E-state index contributed by atoms with van der Waals surface area (Å²) in [5, 5.41) is 0.490. The molecule has 1 fully saturated rings. The van der Waals surface area contributed by atoms with Crippen molar-refractivity contribution >= 4 is 10.9 Å². The third kappa shape index (κ3) is 1.89. The standard InChI is InChI=1S/C14H13F2NO2/c1-8-7-17(2)12-9(13(8)18)4-3-5-10(12)19-11-6-14(11,15)16/h3-5,7,11H,6H2,1-2H3. The second-order valence-corrected chi connectivity index (χ2v) is 4.98. The van der Waals surface area contributed by atoms with E-state index in [4.69, 9.17) is 4.74 Å². The summed E-state index contributed by atoms with van der Waals surface area (Å²) in [6.45, 7) is 1.73. The van der Waals surface area contributed by atoms with Crippen LogP contribution in [0.1, 0.15) is 12.0 Å². The molecular formula is C14H13F2NO2. The number of nitrogens with zero attached hydrogens (tertiary/aromatic N) is 1. The third-order valence-electron chi connectivity index (χ3n) is 3.38. The topological polar surface area (TPSA) is 31.2 Å². The van der Waals surface area contributed by atoms with E-state index in [1.165, 1.54) is 0 Å². The van der Waals surface area contributed by atoms with Crippen LogP contribution in [-0.4, -0.2) is 16.6 Å². The molecule has 1 saturated carbocycles. The highest BCUT2D eigenvalue weighted by Gasteiger charge is 2.59. The Bertz CT molecular complexity index is 721. The fraction of sp³-hybridized carbons (Fsp3) is 0.357. The number of halogens is 2. The van der Waals surface area contributed by atoms with Crippen molar-refractivity contribution in [2.75, 3.05) is 0 Å². The first-order valence-electron chi connectivity index (χ1n) is 6.03. The molecule has 0 spiro atoms. The second-order valence-electron chi connectivity index (χ2n) is 4.98. The summed E-state index contributed by atoms with van der Waals surface area (Å²) in [5.41, 5.74) is 1.07. The number of aryl methyl sites for hydroxylation is 2. The molecule has 1 heterocycles. The first kappa shape index (κ1) is 12.1. The molecule has 1 aliphatic rings. The molecule has 0 amide bonds. The van der Waals surface area contributed by atoms with E-state index in [0.717, 1.165) is 0 Å². The molecule has 3 nitrogen and oxygen atoms in total. The first-order chi connectivity index (χ1) is 8.90. The molecule has 1 unspecified atom stereocenters. The number of rotatable bonds is 2. The highest BCUT2D eigenvalue weighted by atomic mass is 19.3. The molecule has 0 radical (unpaired) electrons. The minimum absolute atomic E-state index is 0.0962. The van der Waals surface area contributed by atoms with Gasteiger partial charge in [-0.05, 0) is 19.1 Å². The molecule has 5 heteroatoms. The van der Waals surface area contributed by atoms with Crippen LogP contribution >= 0.6 is 0 Å². The van der Waals surface area contributed by atoms with Gasteiger partial charge in [0, 0.05) is 24.2 Å². The van der Waals surface area contributed by atoms with Gasteiger partial charge in [0.2, 0.25) is 0 Å². The van der Waals surface area contributed by atoms with Crippen molar-refractivity contribution in [3.63, 3.8) is 0 Å². The Morgan fingerprint density at radius 1 is 1.42 bits per heavy atom. The Morgan fingerprint density at radius 3 is 2.74 bits per heavy atom. The Morgan fingerprint density at radius 2 is 2.11 bits per heavy atom. The van der Waals surface area contributed by atoms with Crippen LogP contribution in [0.5, 0.6) is 5.75 Å². The lowest BCUT2D eigenvalue weighted by molar-refractivity contribution is 0.0669. The smallest absolute Gasteiger partial charge is 0.288 e. The van der Waals surface area contributed by atoms with Crippen LogP contribution in [0, 0.1) is 6.92 Å². The SMILES string of the molecule is Cc1cn(C)c2c(OC3CC3(F)F)cccc2c1=O. The second kappa shape index (κ2) is 3.79. The fourth-order valence-electron chi connectivity index (χ4n) is 2.26. The summed E-state index contributed by atoms with van der Waals surface area (Å²) in [6, 6.07) is 4.95. The minimum atomic E-state index is -2.74. The lowest BCUT2D eigenvalue weighted by atomic mass is 10.1. The molecule has 1 atom stereocenters. The van der Waals surface area contributed by atoms with Crippen LogP contribution in [0.2, 0.25) is 0 Å². The van der Waals surface area contributed by atoms with Gasteiger partial charge in [0.25, 0.3) is 5.92 Å². The molecule has 1 aromatic heterocycles. The molecule has 1 aromatic carbocycles. The number of hydrogen-bond donors (Lipinski definition) is 0. The number of aromatic nitrogens is 1. The van der Waals surface area contributed by atoms with Crippen LogP contribution in [0.15, 0.2) is 29.2 Å². The highest BCUT2D eigenvalue weighted by Crippen LogP contribution is 2.45. The first-order valence-corrected chi connectivity index (χ1v) is 6.03. The van der Waals surface area contributed by atoms with E-state index in [2.05, 4.69) is 0 Å². The van der Waals surface area contributed by atoms with Crippen LogP contribution in [0.3, 0.4) is 0 Å². The van der Waals surface area contributed by atoms with E-state index < -0.39 is 12.0 Å². The van der Waals surface area contributed by atoms with Crippen LogP contribution < -0.4 is 10.2 Å². The van der Waals surface area contributed by atoms with Crippen LogP contribution in [-0.2, 0) is 7.05 Å². The van der Waals surface area contributed by atoms with Gasteiger partial charge in [-0.1, -0.05) is 6.07 Å². The van der Waals surface area contributed by atoms with Crippen molar-refractivity contribution in [3.05, 3.63) is 40.2 Å². The van der Waals surface area contributed by atoms with Gasteiger partial charge in [-0.3, -0.25) is 4.79 Å². The lowest BCUT2D eigenvalue weighted by Gasteiger charge is -2.12. The number of pyridine rings is 1. The van der Waals surface area contributed by atoms with Gasteiger partial charge in [-0.25, -0.2) is 8.78 Å². The summed E-state index contributed by atoms with van der Waals surface area (Å²) in [4.78, 5) is 12.0. The van der Waals surface area contributed by atoms with Crippen molar-refractivity contribution in [2.24, 2.45) is 7.05 Å². The molecule has 100 valence electrons. The minimum Gasteiger partial charge on any atom is -0.482 e.